The second-order valence-corrected chi connectivity index (χ2v) is 5.93. The van der Waals surface area contributed by atoms with Gasteiger partial charge in [-0.05, 0) is 47.0 Å². The van der Waals surface area contributed by atoms with Crippen molar-refractivity contribution in [2.45, 2.75) is 39.0 Å². The topological polar surface area (TPSA) is 17.1 Å². The highest BCUT2D eigenvalue weighted by molar-refractivity contribution is 9.10. The van der Waals surface area contributed by atoms with Crippen molar-refractivity contribution in [3.63, 3.8) is 0 Å². The van der Waals surface area contributed by atoms with Gasteiger partial charge in [0.25, 0.3) is 0 Å². The third-order valence-corrected chi connectivity index (χ3v) is 4.29. The van der Waals surface area contributed by atoms with Gasteiger partial charge in [-0.3, -0.25) is 4.79 Å². The SMILES string of the molecule is CC1(C(=O)c2ccc(F)c(Br)c2)CCCCC1. The highest BCUT2D eigenvalue weighted by atomic mass is 79.9. The summed E-state index contributed by atoms with van der Waals surface area (Å²) in [4.78, 5) is 12.4. The molecule has 0 atom stereocenters. The minimum Gasteiger partial charge on any atom is -0.294 e. The monoisotopic (exact) mass is 298 g/mol. The number of benzene rings is 1. The van der Waals surface area contributed by atoms with Gasteiger partial charge in [0, 0.05) is 11.0 Å². The van der Waals surface area contributed by atoms with Crippen molar-refractivity contribution < 1.29 is 9.18 Å². The number of carbonyl (C=O) groups is 1. The molecule has 1 saturated carbocycles. The van der Waals surface area contributed by atoms with Gasteiger partial charge < -0.3 is 0 Å². The smallest absolute Gasteiger partial charge is 0.168 e. The maximum absolute atomic E-state index is 13.1. The van der Waals surface area contributed by atoms with E-state index in [0.717, 1.165) is 25.7 Å². The molecule has 0 spiro atoms. The maximum Gasteiger partial charge on any atom is 0.168 e. The highest BCUT2D eigenvalue weighted by Gasteiger charge is 2.35. The van der Waals surface area contributed by atoms with Crippen LogP contribution in [0.15, 0.2) is 22.7 Å². The van der Waals surface area contributed by atoms with Gasteiger partial charge in [0.05, 0.1) is 4.47 Å². The summed E-state index contributed by atoms with van der Waals surface area (Å²) < 4.78 is 13.5. The van der Waals surface area contributed by atoms with E-state index in [9.17, 15) is 9.18 Å². The molecule has 0 unspecified atom stereocenters. The lowest BCUT2D eigenvalue weighted by Crippen LogP contribution is -2.30. The molecule has 0 radical (unpaired) electrons. The molecule has 0 bridgehead atoms. The average molecular weight is 299 g/mol. The Labute approximate surface area is 110 Å². The van der Waals surface area contributed by atoms with E-state index in [1.165, 1.54) is 12.5 Å². The zero-order valence-electron chi connectivity index (χ0n) is 9.93. The molecule has 1 nitrogen and oxygen atoms in total. The van der Waals surface area contributed by atoms with Gasteiger partial charge in [-0.15, -0.1) is 0 Å². The van der Waals surface area contributed by atoms with Gasteiger partial charge in [-0.1, -0.05) is 26.2 Å². The van der Waals surface area contributed by atoms with Crippen molar-refractivity contribution in [1.82, 2.24) is 0 Å². The molecule has 2 rings (SSSR count). The highest BCUT2D eigenvalue weighted by Crippen LogP contribution is 2.39. The van der Waals surface area contributed by atoms with Crippen molar-refractivity contribution in [3.8, 4) is 0 Å². The zero-order chi connectivity index (χ0) is 12.5. The number of rotatable bonds is 2. The summed E-state index contributed by atoms with van der Waals surface area (Å²) in [6.45, 7) is 2.03. The van der Waals surface area contributed by atoms with Crippen LogP contribution in [0.25, 0.3) is 0 Å². The van der Waals surface area contributed by atoms with Crippen LogP contribution in [0.1, 0.15) is 49.4 Å². The second-order valence-electron chi connectivity index (χ2n) is 5.08. The summed E-state index contributed by atoms with van der Waals surface area (Å²) in [5.74, 6) is -0.173. The molecule has 1 aliphatic carbocycles. The number of hydrogen-bond acceptors (Lipinski definition) is 1. The minimum absolute atomic E-state index is 0.151. The van der Waals surface area contributed by atoms with Crippen molar-refractivity contribution in [2.24, 2.45) is 5.41 Å². The third kappa shape index (κ3) is 2.59. The standard InChI is InChI=1S/C14H16BrFO/c1-14(7-3-2-4-8-14)13(17)10-5-6-12(16)11(15)9-10/h5-6,9H,2-4,7-8H2,1H3. The van der Waals surface area contributed by atoms with E-state index in [2.05, 4.69) is 15.9 Å². The first-order valence-electron chi connectivity index (χ1n) is 6.03. The Morgan fingerprint density at radius 2 is 1.94 bits per heavy atom. The predicted molar refractivity (Wildman–Crippen MR) is 69.6 cm³/mol. The normalized spacial score (nSPS) is 19.0. The van der Waals surface area contributed by atoms with Gasteiger partial charge in [0.2, 0.25) is 0 Å². The number of halogens is 2. The van der Waals surface area contributed by atoms with Crippen molar-refractivity contribution >= 4 is 21.7 Å². The minimum atomic E-state index is -0.324. The molecule has 0 heterocycles. The van der Waals surface area contributed by atoms with E-state index in [1.807, 2.05) is 6.92 Å². The number of ketones is 1. The molecular weight excluding hydrogens is 283 g/mol. The largest absolute Gasteiger partial charge is 0.294 e. The van der Waals surface area contributed by atoms with Crippen LogP contribution in [0.3, 0.4) is 0 Å². The Bertz CT molecular complexity index is 436. The molecule has 3 heteroatoms. The van der Waals surface area contributed by atoms with E-state index in [1.54, 1.807) is 12.1 Å². The van der Waals surface area contributed by atoms with Gasteiger partial charge in [-0.2, -0.15) is 0 Å². The summed E-state index contributed by atoms with van der Waals surface area (Å²) in [6, 6.07) is 4.53. The lowest BCUT2D eigenvalue weighted by molar-refractivity contribution is 0.0749. The van der Waals surface area contributed by atoms with Crippen LogP contribution in [0, 0.1) is 11.2 Å². The molecule has 1 fully saturated rings. The van der Waals surface area contributed by atoms with E-state index in [-0.39, 0.29) is 17.0 Å². The third-order valence-electron chi connectivity index (χ3n) is 3.69. The van der Waals surface area contributed by atoms with E-state index >= 15 is 0 Å². The number of Topliss-reactive ketones (excluding diaryl/α,β-unsaturated/α-hetero) is 1. The molecule has 0 aliphatic heterocycles. The molecule has 92 valence electrons. The first kappa shape index (κ1) is 12.7. The summed E-state index contributed by atoms with van der Waals surface area (Å²) in [5, 5.41) is 0. The van der Waals surface area contributed by atoms with Crippen LogP contribution in [-0.2, 0) is 0 Å². The molecule has 17 heavy (non-hydrogen) atoms. The molecule has 1 aliphatic rings. The zero-order valence-corrected chi connectivity index (χ0v) is 11.5. The van der Waals surface area contributed by atoms with Crippen molar-refractivity contribution in [3.05, 3.63) is 34.1 Å². The fourth-order valence-electron chi connectivity index (χ4n) is 2.54. The van der Waals surface area contributed by atoms with E-state index in [0.29, 0.717) is 10.0 Å². The van der Waals surface area contributed by atoms with Crippen LogP contribution in [0.4, 0.5) is 4.39 Å². The molecule has 1 aromatic rings. The summed E-state index contributed by atoms with van der Waals surface area (Å²) >= 11 is 3.13. The van der Waals surface area contributed by atoms with Crippen LogP contribution in [0.2, 0.25) is 0 Å². The van der Waals surface area contributed by atoms with Crippen molar-refractivity contribution in [2.75, 3.05) is 0 Å². The van der Waals surface area contributed by atoms with Gasteiger partial charge in [0.1, 0.15) is 5.82 Å². The van der Waals surface area contributed by atoms with Gasteiger partial charge in [0.15, 0.2) is 5.78 Å². The molecule has 0 saturated heterocycles. The van der Waals surface area contributed by atoms with Crippen LogP contribution < -0.4 is 0 Å². The quantitative estimate of drug-likeness (QED) is 0.721. The fraction of sp³-hybridized carbons (Fsp3) is 0.500. The summed E-state index contributed by atoms with van der Waals surface area (Å²) in [5.41, 5.74) is 0.359. The predicted octanol–water partition coefficient (Wildman–Crippen LogP) is 4.74. The average Bonchev–Trinajstić information content (AvgIpc) is 2.33. The number of hydrogen-bond donors (Lipinski definition) is 0. The molecular formula is C14H16BrFO. The molecule has 0 amide bonds. The summed E-state index contributed by atoms with van der Waals surface area (Å²) in [7, 11) is 0. The van der Waals surface area contributed by atoms with E-state index < -0.39 is 0 Å². The Morgan fingerprint density at radius 3 is 2.53 bits per heavy atom. The Morgan fingerprint density at radius 1 is 1.29 bits per heavy atom. The summed E-state index contributed by atoms with van der Waals surface area (Å²) in [6.07, 6.45) is 5.34. The molecule has 0 aromatic heterocycles. The second kappa shape index (κ2) is 4.89. The Kier molecular flexibility index (Phi) is 3.67. The van der Waals surface area contributed by atoms with Crippen LogP contribution in [0.5, 0.6) is 0 Å². The van der Waals surface area contributed by atoms with Gasteiger partial charge in [-0.25, -0.2) is 4.39 Å². The lowest BCUT2D eigenvalue weighted by Gasteiger charge is -2.32. The van der Waals surface area contributed by atoms with Gasteiger partial charge >= 0.3 is 0 Å². The Balaban J connectivity index is 2.26. The van der Waals surface area contributed by atoms with Crippen molar-refractivity contribution in [1.29, 1.82) is 0 Å². The maximum atomic E-state index is 13.1. The number of carbonyl (C=O) groups excluding carboxylic acids is 1. The molecule has 0 N–H and O–H groups in total. The van der Waals surface area contributed by atoms with E-state index in [4.69, 9.17) is 0 Å². The molecule has 1 aromatic carbocycles. The Hall–Kier alpha value is -0.700. The van der Waals surface area contributed by atoms with Crippen LogP contribution in [-0.4, -0.2) is 5.78 Å². The first-order chi connectivity index (χ1) is 8.03. The first-order valence-corrected chi connectivity index (χ1v) is 6.82. The fourth-order valence-corrected chi connectivity index (χ4v) is 2.92. The van der Waals surface area contributed by atoms with Crippen LogP contribution >= 0.6 is 15.9 Å². The lowest BCUT2D eigenvalue weighted by atomic mass is 9.71.